The molecule has 0 saturated heterocycles. The first-order valence-corrected chi connectivity index (χ1v) is 3.60. The quantitative estimate of drug-likeness (QED) is 0.498. The van der Waals surface area contributed by atoms with Gasteiger partial charge in [-0.1, -0.05) is 6.92 Å². The van der Waals surface area contributed by atoms with Crippen molar-refractivity contribution in [2.75, 3.05) is 0 Å². The molecule has 3 heteroatoms. The Morgan fingerprint density at radius 2 is 2.18 bits per heavy atom. The second-order valence-corrected chi connectivity index (χ2v) is 2.84. The number of thiocarbonyl (C=S) groups is 1. The number of rotatable bonds is 0. The predicted octanol–water partition coefficient (Wildman–Crippen LogP) is 1.97. The van der Waals surface area contributed by atoms with Gasteiger partial charge in [-0.15, -0.1) is 18.3 Å². The molecule has 1 rings (SSSR count). The standard InChI is InChI=1S/C8H10NS.Am/c1-6-3-4-8(10)5-7(2)9-6;/h3-5,9H,1-2H3;/q-1;. The van der Waals surface area contributed by atoms with Crippen LogP contribution in [-0.4, -0.2) is 4.86 Å². The average molecular weight is 395 g/mol. The molecule has 0 aromatic heterocycles. The molecule has 0 aromatic rings. The van der Waals surface area contributed by atoms with Crippen LogP contribution in [0.3, 0.4) is 0 Å². The topological polar surface area (TPSA) is 12.0 Å². The van der Waals surface area contributed by atoms with Gasteiger partial charge in [-0.2, -0.15) is 6.08 Å². The summed E-state index contributed by atoms with van der Waals surface area (Å²) in [5.41, 5.74) is 1.10. The minimum absolute atomic E-state index is 0. The van der Waals surface area contributed by atoms with Crippen LogP contribution in [0.5, 0.6) is 0 Å². The molecule has 0 aliphatic carbocycles. The van der Waals surface area contributed by atoms with Crippen molar-refractivity contribution in [3.05, 3.63) is 30.0 Å². The van der Waals surface area contributed by atoms with Crippen LogP contribution in [0.1, 0.15) is 13.8 Å². The Balaban J connectivity index is 0.000001000. The summed E-state index contributed by atoms with van der Waals surface area (Å²) in [6.07, 6.45) is 5.85. The van der Waals surface area contributed by atoms with Gasteiger partial charge in [0.15, 0.2) is 0 Å². The van der Waals surface area contributed by atoms with E-state index in [1.807, 2.05) is 32.1 Å². The second kappa shape index (κ2) is 4.50. The average Bonchev–Trinajstić information content (AvgIpc) is 1.93. The summed E-state index contributed by atoms with van der Waals surface area (Å²) in [7, 11) is 0. The summed E-state index contributed by atoms with van der Waals surface area (Å²) in [5.74, 6) is 0. The van der Waals surface area contributed by atoms with E-state index in [2.05, 4.69) is 5.32 Å². The van der Waals surface area contributed by atoms with Gasteiger partial charge in [-0.25, -0.2) is 6.08 Å². The van der Waals surface area contributed by atoms with Crippen LogP contribution in [0.15, 0.2) is 23.9 Å². The molecule has 0 amide bonds. The van der Waals surface area contributed by atoms with Crippen LogP contribution in [0, 0.1) is 20.3 Å². The molecule has 0 aromatic carbocycles. The van der Waals surface area contributed by atoms with Gasteiger partial charge in [0.25, 0.3) is 0 Å². The SMILES string of the molecule is CC1=CC(=S)C=C[C-](C)N1.[Am]. The fraction of sp³-hybridized carbons (Fsp3) is 0.250. The van der Waals surface area contributed by atoms with Crippen molar-refractivity contribution in [1.29, 1.82) is 0 Å². The Hall–Kier alpha value is -0.370. The Kier molecular flexibility index (Phi) is 4.34. The van der Waals surface area contributed by atoms with Gasteiger partial charge in [-0.3, -0.25) is 0 Å². The molecule has 1 aliphatic rings. The number of hydrogen-bond donors (Lipinski definition) is 1. The van der Waals surface area contributed by atoms with E-state index < -0.39 is 0 Å². The number of nitrogens with one attached hydrogen (secondary N) is 1. The maximum absolute atomic E-state index is 5.01. The molecule has 0 fully saturated rings. The predicted molar refractivity (Wildman–Crippen MR) is 47.5 cm³/mol. The van der Waals surface area contributed by atoms with E-state index in [9.17, 15) is 0 Å². The molecule has 1 heterocycles. The minimum atomic E-state index is 0. The Morgan fingerprint density at radius 1 is 1.55 bits per heavy atom. The molecule has 0 bridgehead atoms. The zero-order valence-corrected chi connectivity index (χ0v) is 10.5. The Labute approximate surface area is 80.8 Å². The van der Waals surface area contributed by atoms with Crippen LogP contribution in [-0.2, 0) is 0 Å². The van der Waals surface area contributed by atoms with Crippen LogP contribution in [0.2, 0.25) is 0 Å². The van der Waals surface area contributed by atoms with E-state index in [0.29, 0.717) is 0 Å². The molecular weight excluding hydrogens is 385 g/mol. The number of allylic oxidation sites excluding steroid dienone is 3. The van der Waals surface area contributed by atoms with E-state index in [1.54, 1.807) is 0 Å². The van der Waals surface area contributed by atoms with Gasteiger partial charge in [-0.05, 0) is 23.6 Å². The molecule has 1 N–H and O–H groups in total. The fourth-order valence-electron chi connectivity index (χ4n) is 0.857. The minimum Gasteiger partial charge on any atom is -0.441 e. The van der Waals surface area contributed by atoms with Gasteiger partial charge >= 0.3 is 0 Å². The van der Waals surface area contributed by atoms with Crippen molar-refractivity contribution >= 4 is 17.1 Å². The molecule has 0 spiro atoms. The second-order valence-electron chi connectivity index (χ2n) is 2.37. The zero-order valence-electron chi connectivity index (χ0n) is 6.52. The monoisotopic (exact) mass is 393 g/mol. The first-order chi connectivity index (χ1) is 4.68. The first-order valence-electron chi connectivity index (χ1n) is 3.19. The summed E-state index contributed by atoms with van der Waals surface area (Å²) in [6.45, 7) is 4.02. The summed E-state index contributed by atoms with van der Waals surface area (Å²) in [6, 6.07) is 1.13. The van der Waals surface area contributed by atoms with Crippen molar-refractivity contribution in [3.8, 4) is 0 Å². The molecule has 1 nitrogen and oxygen atoms in total. The van der Waals surface area contributed by atoms with Crippen molar-refractivity contribution in [1.82, 2.24) is 5.32 Å². The van der Waals surface area contributed by atoms with E-state index in [0.717, 1.165) is 16.6 Å². The molecule has 0 atom stereocenters. The molecule has 1 aliphatic heterocycles. The Bertz CT molecular complexity index is 208. The largest absolute Gasteiger partial charge is 0.441 e. The fourth-order valence-corrected chi connectivity index (χ4v) is 1.10. The van der Waals surface area contributed by atoms with Crippen molar-refractivity contribution in [2.45, 2.75) is 13.8 Å². The maximum Gasteiger partial charge on any atom is 0 e. The summed E-state index contributed by atoms with van der Waals surface area (Å²) in [5, 5.41) is 3.18. The Morgan fingerprint density at radius 3 is 2.82 bits per heavy atom. The van der Waals surface area contributed by atoms with E-state index >= 15 is 0 Å². The van der Waals surface area contributed by atoms with Crippen molar-refractivity contribution < 1.29 is 14.3 Å². The molecule has 1 radical (unpaired) electrons. The van der Waals surface area contributed by atoms with Crippen molar-refractivity contribution in [2.24, 2.45) is 0 Å². The van der Waals surface area contributed by atoms with Crippen LogP contribution >= 0.6 is 12.2 Å². The molecule has 0 unspecified atom stereocenters. The van der Waals surface area contributed by atoms with Gasteiger partial charge in [0, 0.05) is 14.3 Å². The third-order valence-corrected chi connectivity index (χ3v) is 1.50. The van der Waals surface area contributed by atoms with Gasteiger partial charge in [0.05, 0.1) is 0 Å². The normalized spacial score (nSPS) is 16.4. The third-order valence-electron chi connectivity index (χ3n) is 1.25. The summed E-state index contributed by atoms with van der Waals surface area (Å²) < 4.78 is 0. The van der Waals surface area contributed by atoms with Crippen LogP contribution < -0.4 is 5.32 Å². The summed E-state index contributed by atoms with van der Waals surface area (Å²) >= 11 is 5.01. The van der Waals surface area contributed by atoms with Crippen LogP contribution in [0.4, 0.5) is 0 Å². The summed E-state index contributed by atoms with van der Waals surface area (Å²) in [4.78, 5) is 0.877. The first kappa shape index (κ1) is 10.6. The third kappa shape index (κ3) is 3.51. The molecule has 0 saturated carbocycles. The van der Waals surface area contributed by atoms with Gasteiger partial charge in [0.2, 0.25) is 0 Å². The smallest absolute Gasteiger partial charge is 0 e. The van der Waals surface area contributed by atoms with E-state index in [1.165, 1.54) is 0 Å². The van der Waals surface area contributed by atoms with Crippen LogP contribution in [0.25, 0.3) is 0 Å². The van der Waals surface area contributed by atoms with E-state index in [4.69, 9.17) is 12.2 Å². The van der Waals surface area contributed by atoms with E-state index in [-0.39, 0.29) is 14.3 Å². The number of hydrogen-bond acceptors (Lipinski definition) is 2. The van der Waals surface area contributed by atoms with Gasteiger partial charge in [0.1, 0.15) is 0 Å². The molecule has 11 heavy (non-hydrogen) atoms. The molecule has 61 valence electrons. The van der Waals surface area contributed by atoms with Gasteiger partial charge < -0.3 is 5.32 Å². The van der Waals surface area contributed by atoms with Crippen molar-refractivity contribution in [3.63, 3.8) is 0 Å². The zero-order chi connectivity index (χ0) is 7.56. The molecular formula is C8H10AmNS-. The maximum atomic E-state index is 5.01.